The fourth-order valence-electron chi connectivity index (χ4n) is 2.80. The van der Waals surface area contributed by atoms with Crippen molar-refractivity contribution < 1.29 is 24.4 Å². The van der Waals surface area contributed by atoms with Crippen LogP contribution in [0.3, 0.4) is 0 Å². The molecule has 0 saturated heterocycles. The number of anilines is 1. The van der Waals surface area contributed by atoms with Crippen LogP contribution in [0.4, 0.5) is 11.4 Å². The number of ether oxygens (including phenoxy) is 1. The van der Waals surface area contributed by atoms with Crippen molar-refractivity contribution in [3.8, 4) is 16.9 Å². The molecule has 3 rings (SSSR count). The Bertz CT molecular complexity index is 875. The molecule has 0 spiro atoms. The fourth-order valence-corrected chi connectivity index (χ4v) is 2.80. The van der Waals surface area contributed by atoms with E-state index in [0.717, 1.165) is 0 Å². The quantitative estimate of drug-likeness (QED) is 0.500. The summed E-state index contributed by atoms with van der Waals surface area (Å²) in [4.78, 5) is 33.9. The molecule has 2 aromatic rings. The number of nitro groups is 1. The minimum absolute atomic E-state index is 0.0162. The number of aliphatic carboxylic acids is 1. The number of nitrogens with one attached hydrogen (secondary N) is 1. The van der Waals surface area contributed by atoms with E-state index in [0.29, 0.717) is 22.4 Å². The van der Waals surface area contributed by atoms with E-state index in [9.17, 15) is 19.7 Å². The molecule has 1 amide bonds. The second-order valence-corrected chi connectivity index (χ2v) is 5.60. The molecular weight excluding hydrogens is 328 g/mol. The van der Waals surface area contributed by atoms with Gasteiger partial charge in [0.25, 0.3) is 5.69 Å². The molecule has 1 aliphatic rings. The van der Waals surface area contributed by atoms with E-state index >= 15 is 0 Å². The summed E-state index contributed by atoms with van der Waals surface area (Å²) in [5.41, 5.74) is 1.60. The number of methoxy groups -OCH3 is 1. The lowest BCUT2D eigenvalue weighted by Gasteiger charge is -2.22. The lowest BCUT2D eigenvalue weighted by molar-refractivity contribution is -0.384. The van der Waals surface area contributed by atoms with Crippen LogP contribution in [0.25, 0.3) is 11.1 Å². The molecule has 1 unspecified atom stereocenters. The maximum Gasteiger partial charge on any atom is 0.316 e. The number of nitro benzene ring substituents is 1. The number of hydrogen-bond donors (Lipinski definition) is 2. The molecule has 0 aliphatic carbocycles. The molecule has 0 fully saturated rings. The number of amides is 1. The first-order valence-corrected chi connectivity index (χ1v) is 7.40. The third-order valence-electron chi connectivity index (χ3n) is 4.12. The zero-order valence-corrected chi connectivity index (χ0v) is 13.2. The number of nitrogens with zero attached hydrogens (tertiary/aromatic N) is 1. The highest BCUT2D eigenvalue weighted by Crippen LogP contribution is 2.38. The predicted octanol–water partition coefficient (Wildman–Crippen LogP) is 2.47. The van der Waals surface area contributed by atoms with Gasteiger partial charge in [-0.05, 0) is 35.7 Å². The van der Waals surface area contributed by atoms with E-state index in [1.54, 1.807) is 30.3 Å². The second-order valence-electron chi connectivity index (χ2n) is 5.60. The van der Waals surface area contributed by atoms with Crippen LogP contribution < -0.4 is 10.1 Å². The molecule has 1 heterocycles. The predicted molar refractivity (Wildman–Crippen MR) is 88.5 cm³/mol. The summed E-state index contributed by atoms with van der Waals surface area (Å²) in [6, 6.07) is 9.56. The largest absolute Gasteiger partial charge is 0.497 e. The van der Waals surface area contributed by atoms with Gasteiger partial charge >= 0.3 is 5.97 Å². The topological polar surface area (TPSA) is 119 Å². The minimum Gasteiger partial charge on any atom is -0.497 e. The van der Waals surface area contributed by atoms with Crippen molar-refractivity contribution in [1.82, 2.24) is 0 Å². The Hall–Kier alpha value is -3.42. The lowest BCUT2D eigenvalue weighted by Crippen LogP contribution is -2.35. The molecule has 0 radical (unpaired) electrons. The fraction of sp³-hybridized carbons (Fsp3) is 0.176. The van der Waals surface area contributed by atoms with Gasteiger partial charge in [0, 0.05) is 6.07 Å². The molecule has 8 heteroatoms. The summed E-state index contributed by atoms with van der Waals surface area (Å²) >= 11 is 0. The number of carbonyl (C=O) groups excluding carboxylic acids is 1. The van der Waals surface area contributed by atoms with Crippen molar-refractivity contribution in [2.24, 2.45) is 5.92 Å². The van der Waals surface area contributed by atoms with Gasteiger partial charge in [0.05, 0.1) is 23.3 Å². The average molecular weight is 342 g/mol. The molecule has 0 aromatic heterocycles. The van der Waals surface area contributed by atoms with Crippen LogP contribution >= 0.6 is 0 Å². The third-order valence-corrected chi connectivity index (χ3v) is 4.12. The normalized spacial score (nSPS) is 15.9. The second kappa shape index (κ2) is 6.23. The van der Waals surface area contributed by atoms with E-state index in [-0.39, 0.29) is 17.8 Å². The molecule has 25 heavy (non-hydrogen) atoms. The Morgan fingerprint density at radius 2 is 2.00 bits per heavy atom. The van der Waals surface area contributed by atoms with Gasteiger partial charge < -0.3 is 15.2 Å². The van der Waals surface area contributed by atoms with Crippen molar-refractivity contribution in [3.05, 3.63) is 52.1 Å². The van der Waals surface area contributed by atoms with Crippen LogP contribution in [0.15, 0.2) is 36.4 Å². The molecule has 128 valence electrons. The molecule has 0 bridgehead atoms. The third kappa shape index (κ3) is 3.01. The molecule has 2 aromatic carbocycles. The van der Waals surface area contributed by atoms with Crippen molar-refractivity contribution in [3.63, 3.8) is 0 Å². The van der Waals surface area contributed by atoms with Gasteiger partial charge in [-0.3, -0.25) is 19.7 Å². The number of rotatable bonds is 4. The maximum atomic E-state index is 11.8. The van der Waals surface area contributed by atoms with Crippen molar-refractivity contribution in [2.75, 3.05) is 12.4 Å². The van der Waals surface area contributed by atoms with Gasteiger partial charge in [0.15, 0.2) is 0 Å². The maximum absolute atomic E-state index is 11.8. The van der Waals surface area contributed by atoms with E-state index in [2.05, 4.69) is 5.32 Å². The Balaban J connectivity index is 2.12. The number of carboxylic acid groups (broad SMARTS) is 1. The number of carboxylic acids is 1. The van der Waals surface area contributed by atoms with E-state index in [1.807, 2.05) is 0 Å². The summed E-state index contributed by atoms with van der Waals surface area (Å²) in [5, 5.41) is 23.0. The van der Waals surface area contributed by atoms with Gasteiger partial charge in [0.1, 0.15) is 11.7 Å². The van der Waals surface area contributed by atoms with Gasteiger partial charge in [-0.1, -0.05) is 12.1 Å². The zero-order valence-electron chi connectivity index (χ0n) is 13.2. The van der Waals surface area contributed by atoms with Gasteiger partial charge in [-0.2, -0.15) is 0 Å². The van der Waals surface area contributed by atoms with Crippen LogP contribution in [-0.4, -0.2) is 29.0 Å². The zero-order chi connectivity index (χ0) is 18.1. The monoisotopic (exact) mass is 342 g/mol. The average Bonchev–Trinajstić information content (AvgIpc) is 2.60. The number of fused-ring (bicyclic) bond motifs is 1. The highest BCUT2D eigenvalue weighted by atomic mass is 16.6. The summed E-state index contributed by atoms with van der Waals surface area (Å²) in [6.07, 6.45) is -0.0162. The Morgan fingerprint density at radius 3 is 2.56 bits per heavy atom. The van der Waals surface area contributed by atoms with Gasteiger partial charge in [-0.15, -0.1) is 0 Å². The van der Waals surface area contributed by atoms with Crippen LogP contribution in [-0.2, 0) is 16.0 Å². The molecule has 1 atom stereocenters. The van der Waals surface area contributed by atoms with E-state index in [1.165, 1.54) is 13.2 Å². The first kappa shape index (κ1) is 16.4. The molecule has 2 N–H and O–H groups in total. The summed E-state index contributed by atoms with van der Waals surface area (Å²) in [6.45, 7) is 0. The van der Waals surface area contributed by atoms with Gasteiger partial charge in [-0.25, -0.2) is 0 Å². The van der Waals surface area contributed by atoms with Crippen LogP contribution in [0, 0.1) is 16.0 Å². The standard InChI is InChI=1S/C17H14N2O6/c1-25-11-4-2-9(3-5-11)12-6-10-7-13(17(21)22)16(20)18-14(10)8-15(12)19(23)24/h2-6,8,13H,7H2,1H3,(H,18,20)(H,21,22). The number of carbonyl (C=O) groups is 2. The summed E-state index contributed by atoms with van der Waals surface area (Å²) in [5.74, 6) is -2.50. The lowest BCUT2D eigenvalue weighted by atomic mass is 9.90. The highest BCUT2D eigenvalue weighted by Gasteiger charge is 2.33. The van der Waals surface area contributed by atoms with Crippen molar-refractivity contribution in [1.29, 1.82) is 0 Å². The Kier molecular flexibility index (Phi) is 4.10. The summed E-state index contributed by atoms with van der Waals surface area (Å²) in [7, 11) is 1.52. The van der Waals surface area contributed by atoms with E-state index < -0.39 is 22.7 Å². The van der Waals surface area contributed by atoms with Crippen molar-refractivity contribution in [2.45, 2.75) is 6.42 Å². The number of benzene rings is 2. The SMILES string of the molecule is COc1ccc(-c2cc3c(cc2[N+](=O)[O-])NC(=O)C(C(=O)O)C3)cc1. The molecular formula is C17H14N2O6. The minimum atomic E-state index is -1.23. The van der Waals surface area contributed by atoms with Crippen LogP contribution in [0.2, 0.25) is 0 Å². The first-order valence-electron chi connectivity index (χ1n) is 7.40. The molecule has 8 nitrogen and oxygen atoms in total. The Labute approximate surface area is 142 Å². The van der Waals surface area contributed by atoms with Crippen LogP contribution in [0.1, 0.15) is 5.56 Å². The van der Waals surface area contributed by atoms with E-state index in [4.69, 9.17) is 9.84 Å². The highest BCUT2D eigenvalue weighted by molar-refractivity contribution is 6.07. The molecule has 0 saturated carbocycles. The van der Waals surface area contributed by atoms with Gasteiger partial charge in [0.2, 0.25) is 5.91 Å². The first-order chi connectivity index (χ1) is 11.9. The Morgan fingerprint density at radius 1 is 1.32 bits per heavy atom. The smallest absolute Gasteiger partial charge is 0.316 e. The molecule has 1 aliphatic heterocycles. The van der Waals surface area contributed by atoms with Crippen LogP contribution in [0.5, 0.6) is 5.75 Å². The van der Waals surface area contributed by atoms with Crippen molar-refractivity contribution >= 4 is 23.3 Å². The number of hydrogen-bond acceptors (Lipinski definition) is 5. The summed E-state index contributed by atoms with van der Waals surface area (Å²) < 4.78 is 5.08.